The summed E-state index contributed by atoms with van der Waals surface area (Å²) in [5.74, 6) is 0.454. The van der Waals surface area contributed by atoms with Gasteiger partial charge < -0.3 is 10.4 Å². The third-order valence-electron chi connectivity index (χ3n) is 3.53. The molecular formula is C19H16ClN3O2S. The lowest BCUT2D eigenvalue weighted by molar-refractivity contribution is -0.115. The highest BCUT2D eigenvalue weighted by Crippen LogP contribution is 2.30. The number of anilines is 1. The van der Waals surface area contributed by atoms with Crippen LogP contribution in [0.15, 0.2) is 65.8 Å². The minimum atomic E-state index is -0.333. The van der Waals surface area contributed by atoms with Crippen molar-refractivity contribution < 1.29 is 9.90 Å². The molecule has 1 aromatic heterocycles. The van der Waals surface area contributed by atoms with Crippen molar-refractivity contribution in [2.45, 2.75) is 17.1 Å². The molecule has 0 aliphatic heterocycles. The first-order valence-corrected chi connectivity index (χ1v) is 9.12. The molecule has 0 saturated heterocycles. The maximum absolute atomic E-state index is 12.4. The highest BCUT2D eigenvalue weighted by Gasteiger charge is 2.16. The van der Waals surface area contributed by atoms with Crippen LogP contribution in [-0.4, -0.2) is 26.2 Å². The van der Waals surface area contributed by atoms with Crippen molar-refractivity contribution in [2.75, 3.05) is 5.32 Å². The van der Waals surface area contributed by atoms with Gasteiger partial charge in [-0.05, 0) is 31.2 Å². The number of nitrogens with one attached hydrogen (secondary N) is 1. The fourth-order valence-electron chi connectivity index (χ4n) is 2.21. The first kappa shape index (κ1) is 18.2. The van der Waals surface area contributed by atoms with Gasteiger partial charge in [-0.3, -0.25) is 4.79 Å². The molecule has 0 aliphatic rings. The second-order valence-electron chi connectivity index (χ2n) is 5.53. The zero-order valence-corrected chi connectivity index (χ0v) is 15.5. The Balaban J connectivity index is 1.65. The number of halogens is 1. The van der Waals surface area contributed by atoms with Crippen LogP contribution in [0.1, 0.15) is 6.92 Å². The largest absolute Gasteiger partial charge is 0.508 e. The zero-order chi connectivity index (χ0) is 18.5. The molecule has 0 aliphatic carbocycles. The van der Waals surface area contributed by atoms with E-state index in [1.54, 1.807) is 30.3 Å². The third-order valence-corrected chi connectivity index (χ3v) is 5.15. The molecule has 2 N–H and O–H groups in total. The van der Waals surface area contributed by atoms with Gasteiger partial charge in [-0.2, -0.15) is 0 Å². The summed E-state index contributed by atoms with van der Waals surface area (Å²) in [6.07, 6.45) is 3.08. The maximum atomic E-state index is 12.4. The molecule has 1 amide bonds. The number of rotatable bonds is 5. The number of aromatic hydroxyl groups is 1. The van der Waals surface area contributed by atoms with Gasteiger partial charge in [0.1, 0.15) is 5.75 Å². The van der Waals surface area contributed by atoms with Crippen molar-refractivity contribution in [3.05, 3.63) is 65.9 Å². The van der Waals surface area contributed by atoms with Crippen molar-refractivity contribution in [1.29, 1.82) is 0 Å². The van der Waals surface area contributed by atoms with Crippen LogP contribution in [0.4, 0.5) is 5.69 Å². The van der Waals surface area contributed by atoms with E-state index in [0.29, 0.717) is 22.1 Å². The van der Waals surface area contributed by atoms with E-state index in [-0.39, 0.29) is 16.9 Å². The lowest BCUT2D eigenvalue weighted by Gasteiger charge is -2.12. The van der Waals surface area contributed by atoms with Gasteiger partial charge in [-0.25, -0.2) is 9.97 Å². The van der Waals surface area contributed by atoms with E-state index in [2.05, 4.69) is 15.3 Å². The summed E-state index contributed by atoms with van der Waals surface area (Å²) in [5, 5.41) is 12.6. The number of carbonyl (C=O) groups is 1. The van der Waals surface area contributed by atoms with E-state index in [4.69, 9.17) is 11.6 Å². The lowest BCUT2D eigenvalue weighted by Crippen LogP contribution is -2.22. The number of thioether (sulfide) groups is 1. The number of amides is 1. The van der Waals surface area contributed by atoms with Crippen molar-refractivity contribution >= 4 is 35.0 Å². The highest BCUT2D eigenvalue weighted by atomic mass is 35.5. The highest BCUT2D eigenvalue weighted by molar-refractivity contribution is 8.00. The molecular weight excluding hydrogens is 370 g/mol. The zero-order valence-electron chi connectivity index (χ0n) is 13.9. The molecule has 0 radical (unpaired) electrons. The van der Waals surface area contributed by atoms with Crippen LogP contribution in [0.5, 0.6) is 5.75 Å². The number of phenols is 1. The van der Waals surface area contributed by atoms with E-state index >= 15 is 0 Å². The number of hydrogen-bond acceptors (Lipinski definition) is 5. The monoisotopic (exact) mass is 385 g/mol. The Bertz CT molecular complexity index is 919. The standard InChI is InChI=1S/C19H16ClN3O2S/c1-12(26-17-8-3-2-7-16(17)20)19(25)23-14-10-21-18(22-11-14)13-5-4-6-15(24)9-13/h2-12,24H,1H3,(H,23,25). The van der Waals surface area contributed by atoms with Gasteiger partial charge >= 0.3 is 0 Å². The molecule has 1 heterocycles. The normalized spacial score (nSPS) is 11.8. The smallest absolute Gasteiger partial charge is 0.237 e. The molecule has 0 spiro atoms. The van der Waals surface area contributed by atoms with Crippen LogP contribution >= 0.6 is 23.4 Å². The average molecular weight is 386 g/mol. The Morgan fingerprint density at radius 2 is 1.88 bits per heavy atom. The molecule has 1 unspecified atom stereocenters. The number of aromatic nitrogens is 2. The summed E-state index contributed by atoms with van der Waals surface area (Å²) in [6.45, 7) is 1.81. The quantitative estimate of drug-likeness (QED) is 0.626. The maximum Gasteiger partial charge on any atom is 0.237 e. The molecule has 0 fully saturated rings. The van der Waals surface area contributed by atoms with Crippen LogP contribution in [-0.2, 0) is 4.79 Å². The summed E-state index contributed by atoms with van der Waals surface area (Å²) in [5.41, 5.74) is 1.20. The summed E-state index contributed by atoms with van der Waals surface area (Å²) in [6, 6.07) is 14.1. The van der Waals surface area contributed by atoms with Crippen molar-refractivity contribution in [1.82, 2.24) is 9.97 Å². The van der Waals surface area contributed by atoms with E-state index in [1.807, 2.05) is 25.1 Å². The molecule has 2 aromatic carbocycles. The lowest BCUT2D eigenvalue weighted by atomic mass is 10.2. The fraction of sp³-hybridized carbons (Fsp3) is 0.105. The van der Waals surface area contributed by atoms with Crippen molar-refractivity contribution in [2.24, 2.45) is 0 Å². The second kappa shape index (κ2) is 8.21. The van der Waals surface area contributed by atoms with Gasteiger partial charge in [0.2, 0.25) is 5.91 Å². The molecule has 3 rings (SSSR count). The van der Waals surface area contributed by atoms with Gasteiger partial charge in [-0.1, -0.05) is 35.9 Å². The molecule has 3 aromatic rings. The first-order valence-electron chi connectivity index (χ1n) is 7.86. The van der Waals surface area contributed by atoms with Crippen LogP contribution in [0.25, 0.3) is 11.4 Å². The molecule has 0 bridgehead atoms. The molecule has 7 heteroatoms. The predicted octanol–water partition coefficient (Wildman–Crippen LogP) is 4.62. The van der Waals surface area contributed by atoms with Gasteiger partial charge in [0.15, 0.2) is 5.82 Å². The third kappa shape index (κ3) is 4.53. The number of hydrogen-bond donors (Lipinski definition) is 2. The van der Waals surface area contributed by atoms with Gasteiger partial charge in [0.25, 0.3) is 0 Å². The summed E-state index contributed by atoms with van der Waals surface area (Å²) < 4.78 is 0. The summed E-state index contributed by atoms with van der Waals surface area (Å²) >= 11 is 7.52. The summed E-state index contributed by atoms with van der Waals surface area (Å²) in [7, 11) is 0. The fourth-order valence-corrected chi connectivity index (χ4v) is 3.37. The minimum absolute atomic E-state index is 0.147. The number of benzene rings is 2. The Morgan fingerprint density at radius 1 is 1.15 bits per heavy atom. The van der Waals surface area contributed by atoms with E-state index in [9.17, 15) is 9.90 Å². The Hall–Kier alpha value is -2.57. The second-order valence-corrected chi connectivity index (χ2v) is 7.32. The average Bonchev–Trinajstić information content (AvgIpc) is 2.64. The Labute approximate surface area is 160 Å². The van der Waals surface area contributed by atoms with Crippen LogP contribution < -0.4 is 5.32 Å². The topological polar surface area (TPSA) is 75.1 Å². The molecule has 0 saturated carbocycles. The molecule has 1 atom stereocenters. The van der Waals surface area contributed by atoms with E-state index in [1.165, 1.54) is 24.2 Å². The van der Waals surface area contributed by atoms with Gasteiger partial charge in [0, 0.05) is 10.5 Å². The molecule has 5 nitrogen and oxygen atoms in total. The number of phenolic OH excluding ortho intramolecular Hbond substituents is 1. The SMILES string of the molecule is CC(Sc1ccccc1Cl)C(=O)Nc1cnc(-c2cccc(O)c2)nc1. The Kier molecular flexibility index (Phi) is 5.75. The number of nitrogens with zero attached hydrogens (tertiary/aromatic N) is 2. The minimum Gasteiger partial charge on any atom is -0.508 e. The van der Waals surface area contributed by atoms with E-state index < -0.39 is 0 Å². The molecule has 26 heavy (non-hydrogen) atoms. The molecule has 132 valence electrons. The van der Waals surface area contributed by atoms with Crippen LogP contribution in [0.2, 0.25) is 5.02 Å². The van der Waals surface area contributed by atoms with Crippen LogP contribution in [0.3, 0.4) is 0 Å². The van der Waals surface area contributed by atoms with Crippen molar-refractivity contribution in [3.8, 4) is 17.1 Å². The van der Waals surface area contributed by atoms with Crippen molar-refractivity contribution in [3.63, 3.8) is 0 Å². The first-order chi connectivity index (χ1) is 12.5. The van der Waals surface area contributed by atoms with Gasteiger partial charge in [0.05, 0.1) is 28.4 Å². The van der Waals surface area contributed by atoms with Crippen LogP contribution in [0, 0.1) is 0 Å². The van der Waals surface area contributed by atoms with E-state index in [0.717, 1.165) is 4.90 Å². The predicted molar refractivity (Wildman–Crippen MR) is 105 cm³/mol. The summed E-state index contributed by atoms with van der Waals surface area (Å²) in [4.78, 5) is 21.7. The number of carbonyl (C=O) groups excluding carboxylic acids is 1. The van der Waals surface area contributed by atoms with Gasteiger partial charge in [-0.15, -0.1) is 11.8 Å². The Morgan fingerprint density at radius 3 is 2.58 bits per heavy atom.